The van der Waals surface area contributed by atoms with E-state index >= 15 is 0 Å². The van der Waals surface area contributed by atoms with Crippen molar-refractivity contribution >= 4 is 16.6 Å². The molecule has 1 rings (SSSR count). The summed E-state index contributed by atoms with van der Waals surface area (Å²) in [6, 6.07) is 4.70. The third-order valence-electron chi connectivity index (χ3n) is 3.78. The number of rotatable bonds is 1. The van der Waals surface area contributed by atoms with E-state index in [4.69, 9.17) is 3.79 Å². The van der Waals surface area contributed by atoms with Gasteiger partial charge in [0.2, 0.25) is 0 Å². The third-order valence-corrected chi connectivity index (χ3v) is 4.18. The van der Waals surface area contributed by atoms with Crippen LogP contribution >= 0.6 is 0 Å². The average molecular weight is 290 g/mol. The van der Waals surface area contributed by atoms with E-state index in [-0.39, 0.29) is 16.2 Å². The maximum Gasteiger partial charge on any atom is 0.496 e. The lowest BCUT2D eigenvalue weighted by Crippen LogP contribution is -2.22. The number of hydrogen-bond donors (Lipinski definition) is 0. The van der Waals surface area contributed by atoms with E-state index in [2.05, 4.69) is 74.4 Å². The van der Waals surface area contributed by atoms with Gasteiger partial charge in [-0.15, -0.1) is 0 Å². The zero-order valence-corrected chi connectivity index (χ0v) is 17.1. The van der Waals surface area contributed by atoms with Crippen molar-refractivity contribution in [1.29, 1.82) is 0 Å². The molecule has 112 valence electrons. The van der Waals surface area contributed by atoms with Crippen molar-refractivity contribution in [2.45, 2.75) is 78.6 Å². The molecule has 0 aliphatic heterocycles. The van der Waals surface area contributed by atoms with Gasteiger partial charge in [-0.05, 0) is 32.9 Å². The van der Waals surface area contributed by atoms with Crippen LogP contribution in [0.15, 0.2) is 12.1 Å². The molecule has 0 spiro atoms. The molecular formula is C18H31AlO. The molecule has 0 saturated heterocycles. The predicted octanol–water partition coefficient (Wildman–Crippen LogP) is 4.51. The molecule has 20 heavy (non-hydrogen) atoms. The maximum absolute atomic E-state index is 5.94. The van der Waals surface area contributed by atoms with Gasteiger partial charge in [-0.2, -0.15) is 0 Å². The Bertz CT molecular complexity index is 447. The molecule has 0 heterocycles. The molecule has 1 nitrogen and oxygen atoms in total. The fourth-order valence-corrected chi connectivity index (χ4v) is 2.84. The first-order chi connectivity index (χ1) is 8.78. The van der Waals surface area contributed by atoms with E-state index in [1.165, 1.54) is 16.7 Å². The molecule has 0 fully saturated rings. The van der Waals surface area contributed by atoms with Gasteiger partial charge in [0.05, 0.1) is 5.75 Å². The maximum atomic E-state index is 5.94. The van der Waals surface area contributed by atoms with Crippen LogP contribution in [-0.2, 0) is 16.2 Å². The van der Waals surface area contributed by atoms with E-state index < -0.39 is 0 Å². The molecule has 2 heteroatoms. The molecule has 0 saturated carbocycles. The van der Waals surface area contributed by atoms with Crippen LogP contribution in [0.3, 0.4) is 0 Å². The van der Waals surface area contributed by atoms with Gasteiger partial charge in [0.1, 0.15) is 0 Å². The Labute approximate surface area is 133 Å². The molecule has 0 atom stereocenters. The van der Waals surface area contributed by atoms with Crippen LogP contribution < -0.4 is 3.79 Å². The molecule has 0 aliphatic rings. The van der Waals surface area contributed by atoms with E-state index in [1.807, 2.05) is 0 Å². The van der Waals surface area contributed by atoms with Crippen molar-refractivity contribution in [1.82, 2.24) is 0 Å². The van der Waals surface area contributed by atoms with E-state index in [0.29, 0.717) is 0 Å². The molecule has 0 unspecified atom stereocenters. The number of benzene rings is 1. The molecule has 0 aromatic heterocycles. The summed E-state index contributed by atoms with van der Waals surface area (Å²) >= 11 is 0.728. The van der Waals surface area contributed by atoms with Gasteiger partial charge in [0.25, 0.3) is 0 Å². The lowest BCUT2D eigenvalue weighted by molar-refractivity contribution is 0.493. The lowest BCUT2D eigenvalue weighted by Gasteiger charge is -2.33. The second-order valence-corrected chi connectivity index (χ2v) is 9.26. The van der Waals surface area contributed by atoms with Crippen LogP contribution in [-0.4, -0.2) is 16.6 Å². The van der Waals surface area contributed by atoms with Gasteiger partial charge in [-0.3, -0.25) is 0 Å². The Morgan fingerprint density at radius 1 is 0.700 bits per heavy atom. The van der Waals surface area contributed by atoms with E-state index in [1.54, 1.807) is 0 Å². The highest BCUT2D eigenvalue weighted by Gasteiger charge is 2.29. The highest BCUT2D eigenvalue weighted by Crippen LogP contribution is 2.42. The standard InChI is InChI=1S/C18H30O.Al.2H/c1-16(2,3)12-10-13(17(4,5)6)15(19)14(11-12)18(7,8)9;;;/h10-11,19H,1-9H3;;;/q;+1;;/p-1. The summed E-state index contributed by atoms with van der Waals surface area (Å²) in [4.78, 5) is 0. The summed E-state index contributed by atoms with van der Waals surface area (Å²) in [5.74, 6) is 1.12. The van der Waals surface area contributed by atoms with E-state index in [9.17, 15) is 0 Å². The van der Waals surface area contributed by atoms with Crippen molar-refractivity contribution < 1.29 is 3.79 Å². The van der Waals surface area contributed by atoms with Gasteiger partial charge in [0.15, 0.2) is 0 Å². The Hall–Kier alpha value is -0.448. The zero-order valence-electron chi connectivity index (χ0n) is 15.1. The SMILES string of the molecule is CC(C)(C)c1cc(C(C)(C)C)c([O][AlH2])c(C(C)(C)C)c1. The van der Waals surface area contributed by atoms with Crippen molar-refractivity contribution in [3.63, 3.8) is 0 Å². The predicted molar refractivity (Wildman–Crippen MR) is 91.7 cm³/mol. The number of hydrogen-bond acceptors (Lipinski definition) is 1. The van der Waals surface area contributed by atoms with E-state index in [0.717, 1.165) is 22.4 Å². The van der Waals surface area contributed by atoms with Gasteiger partial charge in [-0.25, -0.2) is 0 Å². The monoisotopic (exact) mass is 290 g/mol. The van der Waals surface area contributed by atoms with Crippen molar-refractivity contribution in [3.8, 4) is 5.75 Å². The van der Waals surface area contributed by atoms with Crippen molar-refractivity contribution in [3.05, 3.63) is 28.8 Å². The van der Waals surface area contributed by atoms with Crippen LogP contribution in [0.5, 0.6) is 5.75 Å². The molecule has 1 aromatic carbocycles. The molecular weight excluding hydrogens is 259 g/mol. The van der Waals surface area contributed by atoms with Gasteiger partial charge >= 0.3 is 16.6 Å². The van der Waals surface area contributed by atoms with Crippen molar-refractivity contribution in [2.75, 3.05) is 0 Å². The van der Waals surface area contributed by atoms with Gasteiger partial charge in [0, 0.05) is 0 Å². The zero-order chi connectivity index (χ0) is 15.9. The van der Waals surface area contributed by atoms with Crippen LogP contribution in [0.1, 0.15) is 79.0 Å². The molecule has 0 amide bonds. The van der Waals surface area contributed by atoms with Crippen molar-refractivity contribution in [2.24, 2.45) is 0 Å². The summed E-state index contributed by atoms with van der Waals surface area (Å²) in [5, 5.41) is 0. The fraction of sp³-hybridized carbons (Fsp3) is 0.667. The second kappa shape index (κ2) is 5.39. The second-order valence-electron chi connectivity index (χ2n) is 8.85. The molecule has 0 N–H and O–H groups in total. The smallest absolute Gasteiger partial charge is 0.496 e. The summed E-state index contributed by atoms with van der Waals surface area (Å²) in [7, 11) is 0. The molecule has 0 bridgehead atoms. The van der Waals surface area contributed by atoms with Crippen LogP contribution in [0, 0.1) is 0 Å². The summed E-state index contributed by atoms with van der Waals surface area (Å²) in [6.07, 6.45) is 0. The van der Waals surface area contributed by atoms with Crippen LogP contribution in [0.2, 0.25) is 0 Å². The Kier molecular flexibility index (Phi) is 4.75. The highest BCUT2D eigenvalue weighted by molar-refractivity contribution is 6.00. The first-order valence-corrected chi connectivity index (χ1v) is 8.33. The topological polar surface area (TPSA) is 9.23 Å². The minimum absolute atomic E-state index is 0.0982. The fourth-order valence-electron chi connectivity index (χ4n) is 2.40. The Morgan fingerprint density at radius 3 is 1.25 bits per heavy atom. The minimum Gasteiger partial charge on any atom is -0.647 e. The summed E-state index contributed by atoms with van der Waals surface area (Å²) in [5.41, 5.74) is 4.43. The van der Waals surface area contributed by atoms with Gasteiger partial charge < -0.3 is 3.79 Å². The Morgan fingerprint density at radius 2 is 1.05 bits per heavy atom. The van der Waals surface area contributed by atoms with Crippen LogP contribution in [0.4, 0.5) is 0 Å². The normalized spacial score (nSPS) is 13.4. The van der Waals surface area contributed by atoms with Crippen LogP contribution in [0.25, 0.3) is 0 Å². The molecule has 0 aliphatic carbocycles. The lowest BCUT2D eigenvalue weighted by atomic mass is 9.75. The summed E-state index contributed by atoms with van der Waals surface area (Å²) in [6.45, 7) is 20.5. The molecule has 0 radical (unpaired) electrons. The Balaban J connectivity index is 3.75. The van der Waals surface area contributed by atoms with Gasteiger partial charge in [-0.1, -0.05) is 74.4 Å². The third kappa shape index (κ3) is 3.80. The molecule has 1 aromatic rings. The first-order valence-electron chi connectivity index (χ1n) is 7.52. The minimum atomic E-state index is 0.0982. The largest absolute Gasteiger partial charge is 0.647 e. The summed E-state index contributed by atoms with van der Waals surface area (Å²) < 4.78 is 5.94. The average Bonchev–Trinajstić information content (AvgIpc) is 2.23. The first kappa shape index (κ1) is 17.6. The highest BCUT2D eigenvalue weighted by atomic mass is 27.1. The quantitative estimate of drug-likeness (QED) is 0.692.